The quantitative estimate of drug-likeness (QED) is 0.0170. The van der Waals surface area contributed by atoms with Gasteiger partial charge in [-0.1, -0.05) is 71.8 Å². The second-order valence-electron chi connectivity index (χ2n) is 28.5. The molecule has 0 aliphatic carbocycles. The molecule has 0 aromatic heterocycles. The van der Waals surface area contributed by atoms with Crippen molar-refractivity contribution in [3.05, 3.63) is 223 Å². The minimum Gasteiger partial charge on any atom is -0.496 e. The Hall–Kier alpha value is -8.49. The first-order valence-electron chi connectivity index (χ1n) is 40.0. The molecule has 0 spiro atoms. The lowest BCUT2D eigenvalue weighted by molar-refractivity contribution is 0.276. The number of nitrogens with one attached hydrogen (secondary N) is 3. The molecule has 0 saturated carbocycles. The van der Waals surface area contributed by atoms with Crippen LogP contribution in [0.1, 0.15) is 103 Å². The number of sulfone groups is 5. The molecule has 8 aromatic rings. The molecular weight excluding hydrogens is 1680 g/mol. The zero-order chi connectivity index (χ0) is 92.9. The molecule has 0 saturated heterocycles. The summed E-state index contributed by atoms with van der Waals surface area (Å²) in [5, 5.41) is 96.8. The summed E-state index contributed by atoms with van der Waals surface area (Å²) in [4.78, 5) is 0.497. The summed E-state index contributed by atoms with van der Waals surface area (Å²) >= 11 is 0. The number of benzene rings is 8. The van der Waals surface area contributed by atoms with E-state index >= 15 is 0 Å². The predicted octanol–water partition coefficient (Wildman–Crippen LogP) is 9.37. The van der Waals surface area contributed by atoms with Gasteiger partial charge in [0.15, 0.2) is 49.2 Å². The van der Waals surface area contributed by atoms with Crippen molar-refractivity contribution in [3.63, 3.8) is 0 Å². The van der Waals surface area contributed by atoms with Crippen molar-refractivity contribution in [1.82, 2.24) is 0 Å². The number of aliphatic hydroxyl groups excluding tert-OH is 10. The zero-order valence-electron chi connectivity index (χ0n) is 74.0. The molecule has 33 heteroatoms. The average Bonchev–Trinajstić information content (AvgIpc) is 0.895. The summed E-state index contributed by atoms with van der Waals surface area (Å²) in [5.74, 6) is 2.77. The fourth-order valence-corrected chi connectivity index (χ4v) is 16.5. The SMILES string of the molecule is COc1cc(CCCO)c(C)cc1C.COc1cc(CCCO)c(CO)cc1C.COc1cc(NCCS(=O)(=O)CCO)c(C)cc1C.COc1cc(NCCS(=O)(=O)CCO)c(CO)cc1C.COc1ccc(S(=O)(=O)CCO)cc1C.Cc1ccc(CCCO)cc1.Cc1ccc(NCCS(=O)(=O)CCO)cc1.Cc1cccc(S(=O)(=O)CCO)c1. The van der Waals surface area contributed by atoms with Crippen molar-refractivity contribution in [1.29, 1.82) is 0 Å². The van der Waals surface area contributed by atoms with E-state index in [1.165, 1.54) is 47.1 Å². The number of aliphatic hydroxyl groups is 10. The van der Waals surface area contributed by atoms with Crippen LogP contribution in [0.3, 0.4) is 0 Å². The Morgan fingerprint density at radius 1 is 0.276 bits per heavy atom. The van der Waals surface area contributed by atoms with Gasteiger partial charge in [-0.25, -0.2) is 42.1 Å². The Balaban J connectivity index is 0.000000707. The Labute approximate surface area is 730 Å². The molecule has 0 unspecified atom stereocenters. The van der Waals surface area contributed by atoms with Crippen LogP contribution in [0.15, 0.2) is 149 Å². The first-order chi connectivity index (χ1) is 58.2. The van der Waals surface area contributed by atoms with Gasteiger partial charge in [0.05, 0.1) is 138 Å². The van der Waals surface area contributed by atoms with Crippen LogP contribution in [-0.4, -0.2) is 247 Å². The van der Waals surface area contributed by atoms with E-state index in [2.05, 4.69) is 66.2 Å². The van der Waals surface area contributed by atoms with E-state index in [1.54, 1.807) is 71.8 Å². The van der Waals surface area contributed by atoms with Crippen molar-refractivity contribution in [3.8, 4) is 28.7 Å². The lowest BCUT2D eigenvalue weighted by atomic mass is 10.0. The fraction of sp³-hybridized carbons (Fsp3) is 0.467. The Morgan fingerprint density at radius 2 is 0.642 bits per heavy atom. The third kappa shape index (κ3) is 44.8. The highest BCUT2D eigenvalue weighted by Crippen LogP contribution is 2.30. The summed E-state index contributed by atoms with van der Waals surface area (Å²) < 4.78 is 140. The van der Waals surface area contributed by atoms with Crippen LogP contribution in [0.5, 0.6) is 28.7 Å². The number of rotatable bonds is 40. The highest BCUT2D eigenvalue weighted by atomic mass is 32.2. The molecule has 0 atom stereocenters. The number of anilines is 3. The second kappa shape index (κ2) is 60.2. The standard InChI is InChI=1S/C13H21NO5S.C13H21NO4S.C12H18O3.C12H18O2.C11H17NO3S.C10H14O4S.C10H14O.C9H12O3S/c1-10-7-11(9-16)12(8-13(10)19-2)14-3-5-20(17,18)6-4-15;1-10-8-11(2)13(18-3)9-12(10)14-4-6-19(16,17)7-5-15;1-9-6-11(8-14)10(4-3-5-13)7-12(9)15-2;1-9-7-10(2)12(14-3)8-11(9)5-4-6-13;1-10-2-4-11(5-3-10)12-6-8-16(14,15)9-7-13;1-8-7-9(3-4-10(8)14-2)15(12,13)6-5-11;1-9-4-6-10(7-5-9)3-2-8-11;1-8-3-2-4-9(7-8)13(11,12)6-5-10/h7-8,14-16H,3-6,9H2,1-2H3;8-9,14-15H,4-7H2,1-3H3;6-7,13-14H,3-5,8H2,1-2H3;7-8,13H,4-6H2,1-3H3;2-5,12-13H,6-9H2,1H3;3-4,7,11H,5-6H2,1-2H3;4-7,11H,2-3,8H2,1H3;2-4,7,10H,5-6H2,1H3. The maximum atomic E-state index is 11.6. The van der Waals surface area contributed by atoms with Crippen LogP contribution in [0.4, 0.5) is 17.1 Å². The van der Waals surface area contributed by atoms with Gasteiger partial charge in [-0.05, 0) is 241 Å². The first-order valence-corrected chi connectivity index (χ1v) is 48.8. The molecule has 13 N–H and O–H groups in total. The third-order valence-corrected chi connectivity index (χ3v) is 26.8. The van der Waals surface area contributed by atoms with Crippen LogP contribution in [0.2, 0.25) is 0 Å². The minimum absolute atomic E-state index is 0.00317. The first kappa shape index (κ1) is 113. The van der Waals surface area contributed by atoms with Crippen LogP contribution < -0.4 is 39.6 Å². The lowest BCUT2D eigenvalue weighted by Gasteiger charge is -2.14. The topological polar surface area (TPSA) is 455 Å². The largest absolute Gasteiger partial charge is 0.496 e. The number of methoxy groups -OCH3 is 5. The maximum absolute atomic E-state index is 11.6. The second-order valence-corrected chi connectivity index (χ2v) is 39.7. The van der Waals surface area contributed by atoms with Gasteiger partial charge < -0.3 is 90.7 Å². The van der Waals surface area contributed by atoms with Crippen LogP contribution in [0.25, 0.3) is 0 Å². The Morgan fingerprint density at radius 3 is 1.07 bits per heavy atom. The number of hydrogen-bond acceptors (Lipinski definition) is 28. The molecule has 8 aromatic carbocycles. The smallest absolute Gasteiger partial charge is 0.180 e. The van der Waals surface area contributed by atoms with E-state index in [4.69, 9.17) is 64.5 Å². The number of aryl methyl sites for hydroxylation is 13. The maximum Gasteiger partial charge on any atom is 0.180 e. The van der Waals surface area contributed by atoms with Gasteiger partial charge in [0.25, 0.3) is 0 Å². The van der Waals surface area contributed by atoms with E-state index in [1.807, 2.05) is 103 Å². The summed E-state index contributed by atoms with van der Waals surface area (Å²) in [6.07, 6.45) is 5.05. The van der Waals surface area contributed by atoms with Gasteiger partial charge >= 0.3 is 0 Å². The lowest BCUT2D eigenvalue weighted by Crippen LogP contribution is -2.20. The van der Waals surface area contributed by atoms with Crippen LogP contribution in [-0.2, 0) is 81.7 Å². The van der Waals surface area contributed by atoms with E-state index in [9.17, 15) is 52.3 Å². The molecule has 8 rings (SSSR count). The summed E-state index contributed by atoms with van der Waals surface area (Å²) in [6, 6.07) is 43.0. The fourth-order valence-electron chi connectivity index (χ4n) is 11.6. The summed E-state index contributed by atoms with van der Waals surface area (Å²) in [5.41, 5.74) is 18.2. The molecule has 28 nitrogen and oxygen atoms in total. The highest BCUT2D eigenvalue weighted by molar-refractivity contribution is 7.92. The number of ether oxygens (including phenoxy) is 5. The highest BCUT2D eigenvalue weighted by Gasteiger charge is 2.18. The van der Waals surface area contributed by atoms with Gasteiger partial charge in [0.1, 0.15) is 28.7 Å². The Kier molecular flexibility index (Phi) is 55.1. The molecule has 0 aliphatic rings. The van der Waals surface area contributed by atoms with E-state index in [0.29, 0.717) is 42.3 Å². The molecule has 0 bridgehead atoms. The number of hydrogen-bond donors (Lipinski definition) is 13. The monoisotopic (exact) mass is 1820 g/mol. The molecular formula is C90H135N3O25S5. The predicted molar refractivity (Wildman–Crippen MR) is 491 cm³/mol. The average molecular weight is 1820 g/mol. The third-order valence-electron chi connectivity index (χ3n) is 18.5. The molecule has 0 heterocycles. The van der Waals surface area contributed by atoms with Gasteiger partial charge in [0, 0.05) is 74.2 Å². The van der Waals surface area contributed by atoms with Gasteiger partial charge in [-0.2, -0.15) is 0 Å². The van der Waals surface area contributed by atoms with Crippen molar-refractivity contribution < 1.29 is 117 Å². The van der Waals surface area contributed by atoms with Gasteiger partial charge in [-0.3, -0.25) is 0 Å². The minimum atomic E-state index is -3.36. The Bertz CT molecular complexity index is 4980. The van der Waals surface area contributed by atoms with Crippen molar-refractivity contribution >= 4 is 66.2 Å². The van der Waals surface area contributed by atoms with Crippen LogP contribution >= 0.6 is 0 Å². The molecule has 0 amide bonds. The van der Waals surface area contributed by atoms with E-state index in [-0.39, 0.29) is 128 Å². The van der Waals surface area contributed by atoms with Gasteiger partial charge in [0.2, 0.25) is 0 Å². The van der Waals surface area contributed by atoms with Gasteiger partial charge in [-0.15, -0.1) is 0 Å². The molecule has 0 aliphatic heterocycles. The van der Waals surface area contributed by atoms with E-state index in [0.717, 1.165) is 111 Å². The van der Waals surface area contributed by atoms with Crippen molar-refractivity contribution in [2.24, 2.45) is 0 Å². The molecule has 123 heavy (non-hydrogen) atoms. The molecule has 690 valence electrons. The normalized spacial score (nSPS) is 11.0. The van der Waals surface area contributed by atoms with Crippen molar-refractivity contribution in [2.45, 2.75) is 131 Å². The van der Waals surface area contributed by atoms with Crippen LogP contribution in [0, 0.1) is 69.2 Å². The summed E-state index contributed by atoms with van der Waals surface area (Å²) in [6.45, 7) is 19.3. The summed E-state index contributed by atoms with van der Waals surface area (Å²) in [7, 11) is -8.19. The molecule has 0 radical (unpaired) electrons. The molecule has 0 fully saturated rings. The van der Waals surface area contributed by atoms with E-state index < -0.39 is 49.2 Å². The zero-order valence-corrected chi connectivity index (χ0v) is 78.1. The van der Waals surface area contributed by atoms with Crippen molar-refractivity contribution in [2.75, 3.05) is 170 Å².